The van der Waals surface area contributed by atoms with Crippen LogP contribution in [-0.2, 0) is 9.53 Å². The van der Waals surface area contributed by atoms with Crippen molar-refractivity contribution in [2.24, 2.45) is 4.99 Å². The van der Waals surface area contributed by atoms with Gasteiger partial charge in [0.25, 0.3) is 0 Å². The monoisotopic (exact) mass is 398 g/mol. The lowest BCUT2D eigenvalue weighted by molar-refractivity contribution is -0.0765. The van der Waals surface area contributed by atoms with Gasteiger partial charge >= 0.3 is 0 Å². The molecular formula is C22H26N2O3S. The van der Waals surface area contributed by atoms with E-state index in [1.54, 1.807) is 17.4 Å². The zero-order chi connectivity index (χ0) is 19.5. The molecule has 28 heavy (non-hydrogen) atoms. The smallest absolute Gasteiger partial charge is 0.241 e. The van der Waals surface area contributed by atoms with E-state index in [4.69, 9.17) is 9.47 Å². The zero-order valence-corrected chi connectivity index (χ0v) is 17.3. The first-order chi connectivity index (χ1) is 13.7. The van der Waals surface area contributed by atoms with Crippen LogP contribution in [0.2, 0.25) is 0 Å². The van der Waals surface area contributed by atoms with Crippen LogP contribution >= 0.6 is 11.3 Å². The molecule has 0 radical (unpaired) electrons. The molecule has 0 bridgehead atoms. The van der Waals surface area contributed by atoms with Gasteiger partial charge in [0.2, 0.25) is 6.08 Å². The minimum atomic E-state index is -0.252. The SMILES string of the molecule is CCOC(CC)Oc1ccc2sc(N=C=O)c(C3=CCN4CCCC4C3)c2c1. The summed E-state index contributed by atoms with van der Waals surface area (Å²) in [4.78, 5) is 17.6. The van der Waals surface area contributed by atoms with E-state index < -0.39 is 0 Å². The molecule has 0 saturated carbocycles. The molecule has 0 spiro atoms. The van der Waals surface area contributed by atoms with Crippen LogP contribution in [0.5, 0.6) is 5.75 Å². The zero-order valence-electron chi connectivity index (χ0n) is 16.4. The summed E-state index contributed by atoms with van der Waals surface area (Å²) in [6.45, 7) is 6.79. The minimum Gasteiger partial charge on any atom is -0.465 e. The fourth-order valence-corrected chi connectivity index (χ4v) is 5.32. The Hall–Kier alpha value is -1.98. The third kappa shape index (κ3) is 3.78. The molecule has 1 saturated heterocycles. The van der Waals surface area contributed by atoms with Crippen LogP contribution in [0.1, 0.15) is 45.1 Å². The van der Waals surface area contributed by atoms with Gasteiger partial charge in [0, 0.05) is 41.3 Å². The summed E-state index contributed by atoms with van der Waals surface area (Å²) < 4.78 is 12.8. The van der Waals surface area contributed by atoms with E-state index in [2.05, 4.69) is 22.0 Å². The first-order valence-corrected chi connectivity index (χ1v) is 10.9. The van der Waals surface area contributed by atoms with Gasteiger partial charge in [-0.15, -0.1) is 11.3 Å². The number of isocyanates is 1. The highest BCUT2D eigenvalue weighted by atomic mass is 32.1. The van der Waals surface area contributed by atoms with Crippen LogP contribution < -0.4 is 4.74 Å². The molecule has 2 atom stereocenters. The number of benzene rings is 1. The third-order valence-corrected chi connectivity index (χ3v) is 6.65. The first-order valence-electron chi connectivity index (χ1n) is 10.1. The molecule has 1 aromatic heterocycles. The molecule has 2 aromatic rings. The van der Waals surface area contributed by atoms with Gasteiger partial charge in [-0.25, -0.2) is 4.79 Å². The maximum absolute atomic E-state index is 11.0. The molecule has 1 fully saturated rings. The van der Waals surface area contributed by atoms with Gasteiger partial charge in [-0.05, 0) is 56.5 Å². The summed E-state index contributed by atoms with van der Waals surface area (Å²) in [5.41, 5.74) is 2.36. The highest BCUT2D eigenvalue weighted by molar-refractivity contribution is 7.23. The van der Waals surface area contributed by atoms with Crippen molar-refractivity contribution in [3.8, 4) is 5.75 Å². The van der Waals surface area contributed by atoms with Gasteiger partial charge in [0.15, 0.2) is 6.29 Å². The van der Waals surface area contributed by atoms with Crippen LogP contribution in [-0.4, -0.2) is 43.0 Å². The number of carbonyl (C=O) groups excluding carboxylic acids is 1. The number of aliphatic imine (C=N–C) groups is 1. The second-order valence-electron chi connectivity index (χ2n) is 7.28. The molecule has 0 aliphatic carbocycles. The lowest BCUT2D eigenvalue weighted by Gasteiger charge is -2.29. The van der Waals surface area contributed by atoms with E-state index >= 15 is 0 Å². The summed E-state index contributed by atoms with van der Waals surface area (Å²) in [5.74, 6) is 0.785. The maximum Gasteiger partial charge on any atom is 0.241 e. The Morgan fingerprint density at radius 1 is 1.39 bits per heavy atom. The Morgan fingerprint density at radius 2 is 2.29 bits per heavy atom. The van der Waals surface area contributed by atoms with Gasteiger partial charge in [-0.3, -0.25) is 4.90 Å². The van der Waals surface area contributed by atoms with Crippen molar-refractivity contribution in [3.63, 3.8) is 0 Å². The molecular weight excluding hydrogens is 372 g/mol. The normalized spacial score (nSPS) is 20.5. The summed E-state index contributed by atoms with van der Waals surface area (Å²) in [6.07, 6.45) is 8.09. The van der Waals surface area contributed by atoms with Crippen LogP contribution in [0.4, 0.5) is 5.00 Å². The van der Waals surface area contributed by atoms with Crippen molar-refractivity contribution in [3.05, 3.63) is 29.8 Å². The second kappa shape index (κ2) is 8.58. The molecule has 2 aliphatic heterocycles. The van der Waals surface area contributed by atoms with Crippen LogP contribution in [0.25, 0.3) is 15.7 Å². The molecule has 2 unspecified atom stereocenters. The molecule has 6 heteroatoms. The van der Waals surface area contributed by atoms with Crippen molar-refractivity contribution in [1.29, 1.82) is 0 Å². The molecule has 5 nitrogen and oxygen atoms in total. The van der Waals surface area contributed by atoms with Crippen molar-refractivity contribution >= 4 is 38.1 Å². The van der Waals surface area contributed by atoms with Gasteiger partial charge in [0.1, 0.15) is 10.8 Å². The first kappa shape index (κ1) is 19.3. The van der Waals surface area contributed by atoms with E-state index in [1.807, 2.05) is 26.0 Å². The van der Waals surface area contributed by atoms with Crippen LogP contribution in [0.3, 0.4) is 0 Å². The van der Waals surface area contributed by atoms with Crippen molar-refractivity contribution in [2.45, 2.75) is 51.9 Å². The standard InChI is InChI=1S/C22H26N2O3S/c1-3-20(26-4-2)27-17-7-8-19-18(13-17)21(22(28-19)23-14-25)15-9-11-24-10-5-6-16(24)12-15/h7-9,13,16,20H,3-6,10-12H2,1-2H3. The molecule has 3 heterocycles. The average Bonchev–Trinajstić information content (AvgIpc) is 3.31. The number of thiophene rings is 1. The predicted octanol–water partition coefficient (Wildman–Crippen LogP) is 5.27. The summed E-state index contributed by atoms with van der Waals surface area (Å²) >= 11 is 1.54. The largest absolute Gasteiger partial charge is 0.465 e. The Balaban J connectivity index is 1.73. The van der Waals surface area contributed by atoms with E-state index in [0.29, 0.717) is 12.6 Å². The Bertz CT molecular complexity index is 929. The molecule has 0 amide bonds. The van der Waals surface area contributed by atoms with Gasteiger partial charge in [-0.1, -0.05) is 13.0 Å². The fraction of sp³-hybridized carbons (Fsp3) is 0.500. The Labute approximate surface area is 169 Å². The Morgan fingerprint density at radius 3 is 3.07 bits per heavy atom. The molecule has 4 rings (SSSR count). The number of hydrogen-bond acceptors (Lipinski definition) is 6. The van der Waals surface area contributed by atoms with E-state index in [1.165, 1.54) is 25.0 Å². The van der Waals surface area contributed by atoms with Crippen molar-refractivity contribution in [2.75, 3.05) is 19.7 Å². The topological polar surface area (TPSA) is 51.1 Å². The lowest BCUT2D eigenvalue weighted by atomic mass is 9.93. The maximum atomic E-state index is 11.0. The van der Waals surface area contributed by atoms with Gasteiger partial charge < -0.3 is 9.47 Å². The lowest BCUT2D eigenvalue weighted by Crippen LogP contribution is -2.32. The van der Waals surface area contributed by atoms with Crippen LogP contribution in [0.15, 0.2) is 29.3 Å². The van der Waals surface area contributed by atoms with Gasteiger partial charge in [-0.2, -0.15) is 4.99 Å². The van der Waals surface area contributed by atoms with E-state index in [9.17, 15) is 4.79 Å². The van der Waals surface area contributed by atoms with Gasteiger partial charge in [0.05, 0.1) is 0 Å². The molecule has 1 aromatic carbocycles. The quantitative estimate of drug-likeness (QED) is 0.362. The summed E-state index contributed by atoms with van der Waals surface area (Å²) in [5, 5.41) is 1.84. The number of rotatable bonds is 7. The summed E-state index contributed by atoms with van der Waals surface area (Å²) in [7, 11) is 0. The number of fused-ring (bicyclic) bond motifs is 2. The molecule has 148 valence electrons. The third-order valence-electron chi connectivity index (χ3n) is 5.59. The average molecular weight is 399 g/mol. The van der Waals surface area contributed by atoms with Crippen molar-refractivity contribution < 1.29 is 14.3 Å². The second-order valence-corrected chi connectivity index (χ2v) is 8.31. The molecule has 2 aliphatic rings. The van der Waals surface area contributed by atoms with Crippen LogP contribution in [0, 0.1) is 0 Å². The Kier molecular flexibility index (Phi) is 5.93. The number of ether oxygens (including phenoxy) is 2. The fourth-order valence-electron chi connectivity index (χ4n) is 4.28. The van der Waals surface area contributed by atoms with Crippen molar-refractivity contribution in [1.82, 2.24) is 4.90 Å². The number of hydrogen-bond donors (Lipinski definition) is 0. The predicted molar refractivity (Wildman–Crippen MR) is 113 cm³/mol. The molecule has 0 N–H and O–H groups in total. The highest BCUT2D eigenvalue weighted by Gasteiger charge is 2.30. The highest BCUT2D eigenvalue weighted by Crippen LogP contribution is 2.46. The number of nitrogens with zero attached hydrogens (tertiary/aromatic N) is 2. The van der Waals surface area contributed by atoms with E-state index in [-0.39, 0.29) is 6.29 Å². The summed E-state index contributed by atoms with van der Waals surface area (Å²) in [6, 6.07) is 6.68. The van der Waals surface area contributed by atoms with E-state index in [0.717, 1.165) is 45.8 Å². The minimum absolute atomic E-state index is 0.252.